The number of rotatable bonds is 2. The minimum atomic E-state index is -3.77. The lowest BCUT2D eigenvalue weighted by atomic mass is 10.1. The lowest BCUT2D eigenvalue weighted by molar-refractivity contribution is 0.587. The van der Waals surface area contributed by atoms with Gasteiger partial charge in [-0.25, -0.2) is 12.8 Å². The summed E-state index contributed by atoms with van der Waals surface area (Å²) < 4.78 is 39.9. The first kappa shape index (κ1) is 13.9. The summed E-state index contributed by atoms with van der Waals surface area (Å²) in [6.45, 7) is 2.23. The lowest BCUT2D eigenvalue weighted by Crippen LogP contribution is -2.29. The molecule has 0 unspecified atom stereocenters. The average molecular weight is 306 g/mol. The molecule has 0 bridgehead atoms. The molecule has 110 valence electrons. The van der Waals surface area contributed by atoms with Gasteiger partial charge in [-0.15, -0.1) is 0 Å². The number of nitrogen functional groups attached to an aromatic ring is 1. The number of anilines is 2. The van der Waals surface area contributed by atoms with Gasteiger partial charge in [0.1, 0.15) is 5.82 Å². The smallest absolute Gasteiger partial charge is 0.264 e. The molecule has 21 heavy (non-hydrogen) atoms. The van der Waals surface area contributed by atoms with Crippen molar-refractivity contribution in [2.45, 2.75) is 18.2 Å². The second-order valence-electron chi connectivity index (χ2n) is 5.12. The third-order valence-corrected chi connectivity index (χ3v) is 5.51. The number of fused-ring (bicyclic) bond motifs is 1. The summed E-state index contributed by atoms with van der Waals surface area (Å²) in [6.07, 6.45) is 0.630. The molecule has 2 aromatic rings. The van der Waals surface area contributed by atoms with E-state index in [4.69, 9.17) is 5.73 Å². The second-order valence-corrected chi connectivity index (χ2v) is 6.98. The summed E-state index contributed by atoms with van der Waals surface area (Å²) in [5, 5.41) is 0. The molecule has 2 aromatic carbocycles. The van der Waals surface area contributed by atoms with E-state index in [0.717, 1.165) is 17.2 Å². The van der Waals surface area contributed by atoms with Crippen molar-refractivity contribution in [3.63, 3.8) is 0 Å². The van der Waals surface area contributed by atoms with Crippen LogP contribution in [0.4, 0.5) is 15.8 Å². The molecule has 4 nitrogen and oxygen atoms in total. The van der Waals surface area contributed by atoms with Crippen LogP contribution in [-0.2, 0) is 16.4 Å². The Morgan fingerprint density at radius 2 is 2.00 bits per heavy atom. The van der Waals surface area contributed by atoms with Gasteiger partial charge in [-0.2, -0.15) is 0 Å². The number of halogens is 1. The van der Waals surface area contributed by atoms with E-state index in [0.29, 0.717) is 24.3 Å². The standard InChI is InChI=1S/C15H15FN2O2S/c1-10-7-11-5-6-18(15(11)9-14(10)17)21(19,20)13-4-2-3-12(16)8-13/h2-4,7-9H,5-6,17H2,1H3. The van der Waals surface area contributed by atoms with E-state index in [2.05, 4.69) is 0 Å². The Morgan fingerprint density at radius 3 is 2.71 bits per heavy atom. The predicted molar refractivity (Wildman–Crippen MR) is 80.2 cm³/mol. The van der Waals surface area contributed by atoms with Crippen LogP contribution in [0.5, 0.6) is 0 Å². The highest BCUT2D eigenvalue weighted by atomic mass is 32.2. The van der Waals surface area contributed by atoms with Gasteiger partial charge < -0.3 is 5.73 Å². The number of nitrogens with zero attached hydrogens (tertiary/aromatic N) is 1. The largest absolute Gasteiger partial charge is 0.398 e. The fourth-order valence-electron chi connectivity index (χ4n) is 2.55. The molecule has 0 radical (unpaired) electrons. The number of benzene rings is 2. The van der Waals surface area contributed by atoms with Crippen molar-refractivity contribution in [2.75, 3.05) is 16.6 Å². The van der Waals surface area contributed by atoms with Crippen molar-refractivity contribution in [2.24, 2.45) is 0 Å². The normalized spacial score (nSPS) is 14.3. The van der Waals surface area contributed by atoms with Crippen molar-refractivity contribution in [1.82, 2.24) is 0 Å². The molecule has 1 aliphatic heterocycles. The highest BCUT2D eigenvalue weighted by Gasteiger charge is 2.31. The van der Waals surface area contributed by atoms with Gasteiger partial charge in [0.15, 0.2) is 0 Å². The minimum Gasteiger partial charge on any atom is -0.398 e. The van der Waals surface area contributed by atoms with Crippen molar-refractivity contribution < 1.29 is 12.8 Å². The van der Waals surface area contributed by atoms with E-state index < -0.39 is 15.8 Å². The fraction of sp³-hybridized carbons (Fsp3) is 0.200. The molecule has 0 saturated carbocycles. The summed E-state index contributed by atoms with van der Waals surface area (Å²) >= 11 is 0. The minimum absolute atomic E-state index is 0.0468. The molecule has 0 aliphatic carbocycles. The number of hydrogen-bond acceptors (Lipinski definition) is 3. The van der Waals surface area contributed by atoms with Crippen LogP contribution in [0.1, 0.15) is 11.1 Å². The Morgan fingerprint density at radius 1 is 1.24 bits per heavy atom. The van der Waals surface area contributed by atoms with Gasteiger partial charge >= 0.3 is 0 Å². The molecule has 3 rings (SSSR count). The maximum atomic E-state index is 13.3. The Kier molecular flexibility index (Phi) is 3.13. The van der Waals surface area contributed by atoms with Crippen LogP contribution in [-0.4, -0.2) is 15.0 Å². The zero-order valence-electron chi connectivity index (χ0n) is 11.5. The Labute approximate surface area is 123 Å². The lowest BCUT2D eigenvalue weighted by Gasteiger charge is -2.20. The van der Waals surface area contributed by atoms with Crippen molar-refractivity contribution in [3.8, 4) is 0 Å². The van der Waals surface area contributed by atoms with Crippen molar-refractivity contribution >= 4 is 21.4 Å². The first-order chi connectivity index (χ1) is 9.89. The van der Waals surface area contributed by atoms with Crippen LogP contribution in [0.25, 0.3) is 0 Å². The van der Waals surface area contributed by atoms with E-state index in [9.17, 15) is 12.8 Å². The second kappa shape index (κ2) is 4.73. The summed E-state index contributed by atoms with van der Waals surface area (Å²) in [7, 11) is -3.77. The molecule has 0 saturated heterocycles. The van der Waals surface area contributed by atoms with Crippen LogP contribution in [0.2, 0.25) is 0 Å². The van der Waals surface area contributed by atoms with E-state index >= 15 is 0 Å². The van der Waals surface area contributed by atoms with Crippen LogP contribution in [0, 0.1) is 12.7 Å². The van der Waals surface area contributed by atoms with E-state index in [-0.39, 0.29) is 4.90 Å². The van der Waals surface area contributed by atoms with Gasteiger partial charge in [0.05, 0.1) is 10.6 Å². The number of nitrogens with two attached hydrogens (primary N) is 1. The van der Waals surface area contributed by atoms with Crippen molar-refractivity contribution in [3.05, 3.63) is 53.3 Å². The summed E-state index contributed by atoms with van der Waals surface area (Å²) in [6, 6.07) is 8.63. The Bertz CT molecular complexity index is 818. The van der Waals surface area contributed by atoms with E-state index in [1.165, 1.54) is 22.5 Å². The molecule has 1 aliphatic rings. The highest BCUT2D eigenvalue weighted by Crippen LogP contribution is 2.35. The summed E-state index contributed by atoms with van der Waals surface area (Å²) in [5.41, 5.74) is 8.89. The van der Waals surface area contributed by atoms with Gasteiger partial charge in [0, 0.05) is 12.2 Å². The van der Waals surface area contributed by atoms with Crippen LogP contribution >= 0.6 is 0 Å². The Hall–Kier alpha value is -2.08. The first-order valence-electron chi connectivity index (χ1n) is 6.57. The maximum Gasteiger partial charge on any atom is 0.264 e. The monoisotopic (exact) mass is 306 g/mol. The van der Waals surface area contributed by atoms with Gasteiger partial charge in [-0.3, -0.25) is 4.31 Å². The Balaban J connectivity index is 2.10. The number of aryl methyl sites for hydroxylation is 1. The quantitative estimate of drug-likeness (QED) is 0.867. The zero-order valence-corrected chi connectivity index (χ0v) is 12.3. The third kappa shape index (κ3) is 2.25. The summed E-state index contributed by atoms with van der Waals surface area (Å²) in [5.74, 6) is -0.570. The van der Waals surface area contributed by atoms with Crippen LogP contribution in [0.15, 0.2) is 41.3 Å². The highest BCUT2D eigenvalue weighted by molar-refractivity contribution is 7.92. The molecular weight excluding hydrogens is 291 g/mol. The zero-order chi connectivity index (χ0) is 15.2. The molecule has 0 aromatic heterocycles. The third-order valence-electron chi connectivity index (χ3n) is 3.70. The molecule has 2 N–H and O–H groups in total. The van der Waals surface area contributed by atoms with Gasteiger partial charge in [-0.1, -0.05) is 12.1 Å². The molecular formula is C15H15FN2O2S. The number of hydrogen-bond donors (Lipinski definition) is 1. The van der Waals surface area contributed by atoms with Crippen molar-refractivity contribution in [1.29, 1.82) is 0 Å². The number of sulfonamides is 1. The van der Waals surface area contributed by atoms with E-state index in [1.54, 1.807) is 6.07 Å². The average Bonchev–Trinajstić information content (AvgIpc) is 2.83. The predicted octanol–water partition coefficient (Wildman–Crippen LogP) is 2.47. The first-order valence-corrected chi connectivity index (χ1v) is 8.01. The van der Waals surface area contributed by atoms with Gasteiger partial charge in [0.25, 0.3) is 10.0 Å². The van der Waals surface area contributed by atoms with Gasteiger partial charge in [0.2, 0.25) is 0 Å². The summed E-state index contributed by atoms with van der Waals surface area (Å²) in [4.78, 5) is -0.0468. The fourth-order valence-corrected chi connectivity index (χ4v) is 4.08. The van der Waals surface area contributed by atoms with Crippen LogP contribution < -0.4 is 10.0 Å². The molecule has 0 atom stereocenters. The molecule has 0 spiro atoms. The molecule has 0 fully saturated rings. The molecule has 6 heteroatoms. The molecule has 1 heterocycles. The molecule has 0 amide bonds. The van der Waals surface area contributed by atoms with Crippen LogP contribution in [0.3, 0.4) is 0 Å². The topological polar surface area (TPSA) is 63.4 Å². The SMILES string of the molecule is Cc1cc2c(cc1N)N(S(=O)(=O)c1cccc(F)c1)CC2. The maximum absolute atomic E-state index is 13.3. The van der Waals surface area contributed by atoms with Gasteiger partial charge in [-0.05, 0) is 48.7 Å². The van der Waals surface area contributed by atoms with E-state index in [1.807, 2.05) is 13.0 Å².